The average molecular weight is 271 g/mol. The Morgan fingerprint density at radius 3 is 2.78 bits per heavy atom. The lowest BCUT2D eigenvalue weighted by Crippen LogP contribution is -2.61. The summed E-state index contributed by atoms with van der Waals surface area (Å²) in [7, 11) is 0. The molecule has 4 atom stereocenters. The van der Waals surface area contributed by atoms with Crippen LogP contribution in [0.25, 0.3) is 0 Å². The molecule has 0 aromatic rings. The molecule has 0 aromatic carbocycles. The lowest BCUT2D eigenvalue weighted by molar-refractivity contribution is -0.122. The van der Waals surface area contributed by atoms with Gasteiger partial charge in [-0.05, 0) is 20.3 Å². The van der Waals surface area contributed by atoms with Gasteiger partial charge in [-0.25, -0.2) is 4.79 Å². The number of hydrogen-bond donors (Lipinski definition) is 3. The maximum atomic E-state index is 11.7. The fraction of sp³-hybridized carbons (Fsp3) is 0.833. The number of amides is 3. The molecule has 0 aromatic heterocycles. The van der Waals surface area contributed by atoms with Crippen molar-refractivity contribution < 1.29 is 9.59 Å². The number of thioether (sulfide) groups is 1. The summed E-state index contributed by atoms with van der Waals surface area (Å²) in [6, 6.07) is -0.148. The van der Waals surface area contributed by atoms with Crippen LogP contribution in [0, 0.1) is 5.92 Å². The molecule has 2 fully saturated rings. The molecule has 4 N–H and O–H groups in total. The van der Waals surface area contributed by atoms with Crippen molar-refractivity contribution in [3.63, 3.8) is 0 Å². The van der Waals surface area contributed by atoms with Gasteiger partial charge in [0.1, 0.15) is 0 Å². The lowest BCUT2D eigenvalue weighted by Gasteiger charge is -2.38. The zero-order valence-corrected chi connectivity index (χ0v) is 11.9. The van der Waals surface area contributed by atoms with Crippen molar-refractivity contribution in [1.82, 2.24) is 10.6 Å². The van der Waals surface area contributed by atoms with E-state index >= 15 is 0 Å². The van der Waals surface area contributed by atoms with Crippen molar-refractivity contribution in [2.75, 3.05) is 5.75 Å². The Kier molecular flexibility index (Phi) is 3.25. The number of nitrogens with two attached hydrogens (primary N) is 1. The molecular formula is C12H21N3O2S. The second-order valence-corrected chi connectivity index (χ2v) is 6.77. The Bertz CT molecular complexity index is 390. The summed E-state index contributed by atoms with van der Waals surface area (Å²) >= 11 is 1.73. The van der Waals surface area contributed by atoms with Gasteiger partial charge in [-0.2, -0.15) is 11.8 Å². The van der Waals surface area contributed by atoms with E-state index in [0.29, 0.717) is 0 Å². The van der Waals surface area contributed by atoms with Crippen molar-refractivity contribution in [1.29, 1.82) is 0 Å². The molecule has 5 nitrogen and oxygen atoms in total. The van der Waals surface area contributed by atoms with Gasteiger partial charge in [0, 0.05) is 11.0 Å². The Labute approximate surface area is 112 Å². The van der Waals surface area contributed by atoms with Crippen LogP contribution in [0.5, 0.6) is 0 Å². The van der Waals surface area contributed by atoms with E-state index in [1.165, 1.54) is 0 Å². The van der Waals surface area contributed by atoms with Crippen LogP contribution in [0.3, 0.4) is 0 Å². The predicted octanol–water partition coefficient (Wildman–Crippen LogP) is 0.834. The molecule has 2 heterocycles. The van der Waals surface area contributed by atoms with Crippen LogP contribution in [0.2, 0.25) is 0 Å². The zero-order chi connectivity index (χ0) is 13.6. The minimum atomic E-state index is -0.413. The van der Waals surface area contributed by atoms with E-state index in [4.69, 9.17) is 5.73 Å². The minimum Gasteiger partial charge on any atom is -0.369 e. The molecule has 0 saturated carbocycles. The average Bonchev–Trinajstić information content (AvgIpc) is 2.61. The number of rotatable bonds is 4. The third kappa shape index (κ3) is 1.77. The first-order chi connectivity index (χ1) is 8.34. The first-order valence-corrected chi connectivity index (χ1v) is 7.40. The SMILES string of the molecule is CCCC(C(N)=O)[C@@H]1SC[C@]2(C)NC(=O)N[C@]12C. The summed E-state index contributed by atoms with van der Waals surface area (Å²) in [6.45, 7) is 6.09. The fourth-order valence-corrected chi connectivity index (χ4v) is 5.09. The molecule has 18 heavy (non-hydrogen) atoms. The number of fused-ring (bicyclic) bond motifs is 1. The van der Waals surface area contributed by atoms with Gasteiger partial charge >= 0.3 is 6.03 Å². The number of nitrogens with one attached hydrogen (secondary N) is 2. The number of carbonyl (C=O) groups is 2. The van der Waals surface area contributed by atoms with Gasteiger partial charge < -0.3 is 16.4 Å². The molecular weight excluding hydrogens is 250 g/mol. The third-order valence-electron chi connectivity index (χ3n) is 4.36. The molecule has 2 aliphatic heterocycles. The van der Waals surface area contributed by atoms with Crippen LogP contribution >= 0.6 is 11.8 Å². The highest BCUT2D eigenvalue weighted by Crippen LogP contribution is 2.49. The smallest absolute Gasteiger partial charge is 0.315 e. The molecule has 1 unspecified atom stereocenters. The second kappa shape index (κ2) is 4.33. The summed E-state index contributed by atoms with van der Waals surface area (Å²) in [5.74, 6) is 0.355. The highest BCUT2D eigenvalue weighted by atomic mass is 32.2. The van der Waals surface area contributed by atoms with Crippen molar-refractivity contribution >= 4 is 23.7 Å². The summed E-state index contributed by atoms with van der Waals surface area (Å²) in [6.07, 6.45) is 1.69. The van der Waals surface area contributed by atoms with Crippen molar-refractivity contribution in [2.45, 2.75) is 49.9 Å². The Hall–Kier alpha value is -0.910. The van der Waals surface area contributed by atoms with Crippen LogP contribution in [0.1, 0.15) is 33.6 Å². The summed E-state index contributed by atoms with van der Waals surface area (Å²) in [4.78, 5) is 23.3. The zero-order valence-electron chi connectivity index (χ0n) is 11.1. The minimum absolute atomic E-state index is 0.0406. The molecule has 3 amide bonds. The maximum Gasteiger partial charge on any atom is 0.315 e. The van der Waals surface area contributed by atoms with Gasteiger partial charge in [0.05, 0.1) is 17.0 Å². The van der Waals surface area contributed by atoms with E-state index in [9.17, 15) is 9.59 Å². The monoisotopic (exact) mass is 271 g/mol. The van der Waals surface area contributed by atoms with Gasteiger partial charge in [-0.3, -0.25) is 4.79 Å². The molecule has 0 aliphatic carbocycles. The highest BCUT2D eigenvalue weighted by molar-refractivity contribution is 8.00. The van der Waals surface area contributed by atoms with Gasteiger partial charge in [0.2, 0.25) is 5.91 Å². The van der Waals surface area contributed by atoms with E-state index < -0.39 is 5.54 Å². The first kappa shape index (κ1) is 13.5. The van der Waals surface area contributed by atoms with E-state index in [1.54, 1.807) is 11.8 Å². The molecule has 102 valence electrons. The maximum absolute atomic E-state index is 11.7. The molecule has 6 heteroatoms. The van der Waals surface area contributed by atoms with Crippen LogP contribution < -0.4 is 16.4 Å². The van der Waals surface area contributed by atoms with Crippen molar-refractivity contribution in [2.24, 2.45) is 11.7 Å². The normalized spacial score (nSPS) is 39.9. The topological polar surface area (TPSA) is 84.2 Å². The number of hydrogen-bond acceptors (Lipinski definition) is 3. The standard InChI is InChI=1S/C12H21N3O2S/c1-4-5-7(9(13)16)8-12(3)11(2,6-18-8)14-10(17)15-12/h7-8H,4-6H2,1-3H3,(H2,13,16)(H2,14,15,17)/t7?,8-,11-,12+/m0/s1. The van der Waals surface area contributed by atoms with E-state index in [0.717, 1.165) is 18.6 Å². The number of primary amides is 1. The van der Waals surface area contributed by atoms with Crippen LogP contribution in [0.15, 0.2) is 0 Å². The predicted molar refractivity (Wildman–Crippen MR) is 72.3 cm³/mol. The quantitative estimate of drug-likeness (QED) is 0.662. The van der Waals surface area contributed by atoms with Gasteiger partial charge in [-0.1, -0.05) is 13.3 Å². The van der Waals surface area contributed by atoms with E-state index in [1.807, 2.05) is 20.8 Å². The number of carbonyl (C=O) groups excluding carboxylic acids is 2. The molecule has 2 aliphatic rings. The molecule has 2 rings (SSSR count). The molecule has 0 spiro atoms. The first-order valence-electron chi connectivity index (χ1n) is 6.35. The van der Waals surface area contributed by atoms with Crippen molar-refractivity contribution in [3.05, 3.63) is 0 Å². The largest absolute Gasteiger partial charge is 0.369 e. The fourth-order valence-electron chi connectivity index (χ4n) is 3.05. The van der Waals surface area contributed by atoms with Crippen LogP contribution in [-0.4, -0.2) is 34.0 Å². The Balaban J connectivity index is 2.30. The Morgan fingerprint density at radius 2 is 2.22 bits per heavy atom. The van der Waals surface area contributed by atoms with Gasteiger partial charge in [0.15, 0.2) is 0 Å². The highest BCUT2D eigenvalue weighted by Gasteiger charge is 2.63. The van der Waals surface area contributed by atoms with Crippen molar-refractivity contribution in [3.8, 4) is 0 Å². The second-order valence-electron chi connectivity index (χ2n) is 5.64. The van der Waals surface area contributed by atoms with Crippen LogP contribution in [0.4, 0.5) is 4.79 Å². The summed E-state index contributed by atoms with van der Waals surface area (Å²) in [5, 5.41) is 6.01. The van der Waals surface area contributed by atoms with Crippen LogP contribution in [-0.2, 0) is 4.79 Å². The van der Waals surface area contributed by atoms with E-state index in [-0.39, 0.29) is 28.6 Å². The Morgan fingerprint density at radius 1 is 1.56 bits per heavy atom. The van der Waals surface area contributed by atoms with Gasteiger partial charge in [-0.15, -0.1) is 0 Å². The molecule has 0 radical (unpaired) electrons. The molecule has 0 bridgehead atoms. The summed E-state index contributed by atoms with van der Waals surface area (Å²) in [5.41, 5.74) is 4.82. The lowest BCUT2D eigenvalue weighted by atomic mass is 9.75. The van der Waals surface area contributed by atoms with Gasteiger partial charge in [0.25, 0.3) is 0 Å². The summed E-state index contributed by atoms with van der Waals surface area (Å²) < 4.78 is 0. The van der Waals surface area contributed by atoms with E-state index in [2.05, 4.69) is 10.6 Å². The third-order valence-corrected chi connectivity index (χ3v) is 6.26. The molecule has 2 saturated heterocycles. The number of urea groups is 1.